The first kappa shape index (κ1) is 20.0. The predicted octanol–water partition coefficient (Wildman–Crippen LogP) is 5.24. The Hall–Kier alpha value is -3.96. The third-order valence-corrected chi connectivity index (χ3v) is 5.56. The van der Waals surface area contributed by atoms with Crippen molar-refractivity contribution in [2.45, 2.75) is 12.5 Å². The number of nitrogens with zero attached hydrogens (tertiary/aromatic N) is 2. The smallest absolute Gasteiger partial charge is 0.138 e. The van der Waals surface area contributed by atoms with Gasteiger partial charge in [0.05, 0.1) is 6.20 Å². The maximum atomic E-state index is 6.39. The maximum absolute atomic E-state index is 6.39. The van der Waals surface area contributed by atoms with Gasteiger partial charge in [-0.25, -0.2) is 0 Å². The summed E-state index contributed by atoms with van der Waals surface area (Å²) in [4.78, 5) is 11.8. The molecule has 0 aliphatic carbocycles. The fourth-order valence-corrected chi connectivity index (χ4v) is 4.01. The van der Waals surface area contributed by atoms with Crippen LogP contribution in [-0.4, -0.2) is 27.6 Å². The van der Waals surface area contributed by atoms with Crippen molar-refractivity contribution in [3.05, 3.63) is 103 Å². The summed E-state index contributed by atoms with van der Waals surface area (Å²) in [5, 5.41) is 1.21. The molecule has 0 radical (unpaired) electrons. The van der Waals surface area contributed by atoms with Gasteiger partial charge in [0.15, 0.2) is 0 Å². The van der Waals surface area contributed by atoms with E-state index in [1.165, 1.54) is 10.9 Å². The highest BCUT2D eigenvalue weighted by molar-refractivity contribution is 5.84. The summed E-state index contributed by atoms with van der Waals surface area (Å²) in [6, 6.07) is 22.4. The number of pyridine rings is 2. The highest BCUT2D eigenvalue weighted by Crippen LogP contribution is 2.32. The van der Waals surface area contributed by atoms with Crippen molar-refractivity contribution < 1.29 is 4.74 Å². The second-order valence-electron chi connectivity index (χ2n) is 7.83. The van der Waals surface area contributed by atoms with Crippen molar-refractivity contribution in [3.63, 3.8) is 0 Å². The first-order chi connectivity index (χ1) is 15.8. The fraction of sp³-hybridized carbons (Fsp3) is 0.111. The van der Waals surface area contributed by atoms with E-state index in [1.54, 1.807) is 18.6 Å². The minimum atomic E-state index is -0.123. The summed E-state index contributed by atoms with van der Waals surface area (Å²) in [6.45, 7) is 0.413. The number of nitrogens with two attached hydrogens (primary N) is 1. The molecule has 5 rings (SSSR count). The molecule has 0 aliphatic rings. The molecule has 5 heteroatoms. The standard InChI is InChI=1S/C27H24N4O/c28-22(13-20-16-31-27-8-4-3-7-26(20)27)18-32-23-14-21(15-30-17-23)25-6-2-1-5-24(25)19-9-11-29-12-10-19/h1-12,14-17,22,31H,13,18,28H2/t22-/m0/s1. The van der Waals surface area contributed by atoms with Gasteiger partial charge in [-0.1, -0.05) is 42.5 Å². The molecule has 1 atom stereocenters. The van der Waals surface area contributed by atoms with Gasteiger partial charge in [-0.3, -0.25) is 9.97 Å². The van der Waals surface area contributed by atoms with Gasteiger partial charge in [-0.2, -0.15) is 0 Å². The van der Waals surface area contributed by atoms with Crippen molar-refractivity contribution in [1.29, 1.82) is 0 Å². The van der Waals surface area contributed by atoms with Gasteiger partial charge >= 0.3 is 0 Å². The van der Waals surface area contributed by atoms with E-state index in [1.807, 2.05) is 54.9 Å². The number of para-hydroxylation sites is 1. The van der Waals surface area contributed by atoms with E-state index >= 15 is 0 Å². The van der Waals surface area contributed by atoms with Crippen LogP contribution in [0.25, 0.3) is 33.2 Å². The number of rotatable bonds is 7. The first-order valence-corrected chi connectivity index (χ1v) is 10.7. The Balaban J connectivity index is 1.31. The third kappa shape index (κ3) is 4.24. The van der Waals surface area contributed by atoms with Crippen molar-refractivity contribution in [3.8, 4) is 28.0 Å². The number of aromatic nitrogens is 3. The van der Waals surface area contributed by atoms with Gasteiger partial charge in [-0.15, -0.1) is 0 Å². The van der Waals surface area contributed by atoms with Gasteiger partial charge in [0.25, 0.3) is 0 Å². The van der Waals surface area contributed by atoms with Gasteiger partial charge in [0.1, 0.15) is 12.4 Å². The molecule has 3 aromatic heterocycles. The number of nitrogens with one attached hydrogen (secondary N) is 1. The van der Waals surface area contributed by atoms with Gasteiger partial charge in [0, 0.05) is 47.3 Å². The second kappa shape index (κ2) is 9.04. The zero-order chi connectivity index (χ0) is 21.8. The summed E-state index contributed by atoms with van der Waals surface area (Å²) in [6.07, 6.45) is 9.97. The molecule has 0 amide bonds. The van der Waals surface area contributed by atoms with Gasteiger partial charge < -0.3 is 15.5 Å². The van der Waals surface area contributed by atoms with Crippen LogP contribution in [0.5, 0.6) is 5.75 Å². The number of hydrogen-bond acceptors (Lipinski definition) is 4. The molecule has 0 saturated carbocycles. The SMILES string of the molecule is N[C@H](COc1cncc(-c2ccccc2-c2ccncc2)c1)Cc1c[nH]c2ccccc12. The van der Waals surface area contributed by atoms with Crippen LogP contribution in [0.1, 0.15) is 5.56 Å². The monoisotopic (exact) mass is 420 g/mol. The van der Waals surface area contributed by atoms with E-state index in [9.17, 15) is 0 Å². The normalized spacial score (nSPS) is 12.0. The van der Waals surface area contributed by atoms with E-state index in [2.05, 4.69) is 39.2 Å². The zero-order valence-corrected chi connectivity index (χ0v) is 17.6. The van der Waals surface area contributed by atoms with Crippen LogP contribution in [0.15, 0.2) is 97.7 Å². The largest absolute Gasteiger partial charge is 0.490 e. The Labute approximate surface area is 186 Å². The summed E-state index contributed by atoms with van der Waals surface area (Å²) in [5.41, 5.74) is 13.1. The average molecular weight is 421 g/mol. The lowest BCUT2D eigenvalue weighted by atomic mass is 9.96. The number of H-pyrrole nitrogens is 1. The Morgan fingerprint density at radius 3 is 2.44 bits per heavy atom. The number of ether oxygens (including phenoxy) is 1. The highest BCUT2D eigenvalue weighted by Gasteiger charge is 2.11. The molecular formula is C27H24N4O. The molecule has 0 fully saturated rings. The zero-order valence-electron chi connectivity index (χ0n) is 17.6. The summed E-state index contributed by atoms with van der Waals surface area (Å²) in [5.74, 6) is 0.710. The topological polar surface area (TPSA) is 76.8 Å². The molecule has 5 aromatic rings. The number of aromatic amines is 1. The molecular weight excluding hydrogens is 396 g/mol. The highest BCUT2D eigenvalue weighted by atomic mass is 16.5. The molecule has 0 saturated heterocycles. The molecule has 158 valence electrons. The molecule has 0 bridgehead atoms. The van der Waals surface area contributed by atoms with Crippen molar-refractivity contribution in [2.24, 2.45) is 5.73 Å². The van der Waals surface area contributed by atoms with Crippen LogP contribution in [-0.2, 0) is 6.42 Å². The third-order valence-electron chi connectivity index (χ3n) is 5.56. The molecule has 3 N–H and O–H groups in total. The van der Waals surface area contributed by atoms with Crippen molar-refractivity contribution in [2.75, 3.05) is 6.61 Å². The van der Waals surface area contributed by atoms with E-state index < -0.39 is 0 Å². The summed E-state index contributed by atoms with van der Waals surface area (Å²) >= 11 is 0. The molecule has 0 aliphatic heterocycles. The Bertz CT molecular complexity index is 1330. The lowest BCUT2D eigenvalue weighted by Crippen LogP contribution is -2.30. The average Bonchev–Trinajstić information content (AvgIpc) is 3.26. The fourth-order valence-electron chi connectivity index (χ4n) is 4.01. The van der Waals surface area contributed by atoms with E-state index in [0.29, 0.717) is 12.4 Å². The number of benzene rings is 2. The van der Waals surface area contributed by atoms with E-state index in [0.717, 1.165) is 34.2 Å². The predicted molar refractivity (Wildman–Crippen MR) is 128 cm³/mol. The number of fused-ring (bicyclic) bond motifs is 1. The van der Waals surface area contributed by atoms with Crippen LogP contribution < -0.4 is 10.5 Å². The molecule has 0 spiro atoms. The number of hydrogen-bond donors (Lipinski definition) is 2. The van der Waals surface area contributed by atoms with E-state index in [-0.39, 0.29) is 6.04 Å². The maximum Gasteiger partial charge on any atom is 0.138 e. The molecule has 0 unspecified atom stereocenters. The first-order valence-electron chi connectivity index (χ1n) is 10.7. The second-order valence-corrected chi connectivity index (χ2v) is 7.83. The van der Waals surface area contributed by atoms with Crippen molar-refractivity contribution in [1.82, 2.24) is 15.0 Å². The van der Waals surface area contributed by atoms with Crippen LogP contribution in [0.4, 0.5) is 0 Å². The van der Waals surface area contributed by atoms with Crippen molar-refractivity contribution >= 4 is 10.9 Å². The molecule has 3 heterocycles. The Morgan fingerprint density at radius 2 is 1.59 bits per heavy atom. The van der Waals surface area contributed by atoms with Gasteiger partial charge in [0.2, 0.25) is 0 Å². The van der Waals surface area contributed by atoms with Crippen LogP contribution in [0, 0.1) is 0 Å². The minimum Gasteiger partial charge on any atom is -0.490 e. The summed E-state index contributed by atoms with van der Waals surface area (Å²) < 4.78 is 6.03. The summed E-state index contributed by atoms with van der Waals surface area (Å²) in [7, 11) is 0. The Morgan fingerprint density at radius 1 is 0.844 bits per heavy atom. The molecule has 2 aromatic carbocycles. The van der Waals surface area contributed by atoms with Crippen LogP contribution in [0.2, 0.25) is 0 Å². The van der Waals surface area contributed by atoms with Crippen LogP contribution in [0.3, 0.4) is 0 Å². The quantitative estimate of drug-likeness (QED) is 0.377. The molecule has 32 heavy (non-hydrogen) atoms. The Kier molecular flexibility index (Phi) is 5.64. The lowest BCUT2D eigenvalue weighted by molar-refractivity contribution is 0.287. The minimum absolute atomic E-state index is 0.123. The van der Waals surface area contributed by atoms with E-state index in [4.69, 9.17) is 10.5 Å². The lowest BCUT2D eigenvalue weighted by Gasteiger charge is -2.14. The van der Waals surface area contributed by atoms with Gasteiger partial charge in [-0.05, 0) is 52.9 Å². The molecule has 5 nitrogen and oxygen atoms in total. The van der Waals surface area contributed by atoms with Crippen LogP contribution >= 0.6 is 0 Å².